The Labute approximate surface area is 119 Å². The first-order chi connectivity index (χ1) is 9.79. The number of carbonyl (C=O) groups is 1. The number of hydrogen-bond acceptors (Lipinski definition) is 4. The molecule has 0 unspecified atom stereocenters. The summed E-state index contributed by atoms with van der Waals surface area (Å²) in [4.78, 5) is 15.1. The molecule has 108 valence electrons. The Morgan fingerprint density at radius 2 is 2.00 bits per heavy atom. The molecule has 1 aromatic carbocycles. The maximum absolute atomic E-state index is 13.0. The lowest BCUT2D eigenvalue weighted by atomic mass is 10.2. The lowest BCUT2D eigenvalue weighted by Crippen LogP contribution is -2.13. The molecule has 0 saturated heterocycles. The third-order valence-corrected chi connectivity index (χ3v) is 3.07. The van der Waals surface area contributed by atoms with Crippen molar-refractivity contribution in [2.75, 3.05) is 0 Å². The van der Waals surface area contributed by atoms with Crippen molar-refractivity contribution in [2.24, 2.45) is 5.73 Å². The van der Waals surface area contributed by atoms with Crippen LogP contribution in [0.25, 0.3) is 16.7 Å². The second-order valence-electron chi connectivity index (χ2n) is 4.15. The van der Waals surface area contributed by atoms with Crippen LogP contribution in [0.2, 0.25) is 5.15 Å². The molecule has 3 rings (SSSR count). The average molecular weight is 316 g/mol. The van der Waals surface area contributed by atoms with E-state index in [4.69, 9.17) is 17.3 Å². The number of nitrogens with zero attached hydrogens (tertiary/aromatic N) is 4. The number of primary amides is 1. The fourth-order valence-electron chi connectivity index (χ4n) is 1.94. The zero-order chi connectivity index (χ0) is 15.4. The monoisotopic (exact) mass is 315 g/mol. The Morgan fingerprint density at radius 1 is 1.29 bits per heavy atom. The molecule has 1 amide bonds. The molecular weight excluding hydrogens is 311 g/mol. The molecule has 21 heavy (non-hydrogen) atoms. The third-order valence-electron chi connectivity index (χ3n) is 2.82. The van der Waals surface area contributed by atoms with Gasteiger partial charge in [-0.3, -0.25) is 9.20 Å². The summed E-state index contributed by atoms with van der Waals surface area (Å²) in [7, 11) is 0. The summed E-state index contributed by atoms with van der Waals surface area (Å²) in [6, 6.07) is 3.88. The van der Waals surface area contributed by atoms with Gasteiger partial charge in [0.1, 0.15) is 0 Å². The summed E-state index contributed by atoms with van der Waals surface area (Å²) in [5.41, 5.74) is 5.06. The Bertz CT molecular complexity index is 889. The number of nitrogens with two attached hydrogens (primary N) is 1. The van der Waals surface area contributed by atoms with Crippen LogP contribution in [0.3, 0.4) is 0 Å². The van der Waals surface area contributed by atoms with Crippen LogP contribution in [0.1, 0.15) is 16.2 Å². The van der Waals surface area contributed by atoms with E-state index in [1.807, 2.05) is 0 Å². The van der Waals surface area contributed by atoms with E-state index in [0.717, 1.165) is 0 Å². The van der Waals surface area contributed by atoms with Crippen LogP contribution in [0.15, 0.2) is 18.2 Å². The molecule has 0 aliphatic heterocycles. The van der Waals surface area contributed by atoms with E-state index in [1.165, 1.54) is 18.2 Å². The smallest absolute Gasteiger partial charge is 0.366 e. The number of aromatic nitrogens is 4. The minimum Gasteiger partial charge on any atom is -0.366 e. The highest BCUT2D eigenvalue weighted by atomic mass is 35.5. The largest absolute Gasteiger partial charge is 0.452 e. The van der Waals surface area contributed by atoms with Crippen molar-refractivity contribution >= 4 is 34.2 Å². The SMILES string of the molecule is NC(=O)c1ccc2nc(Cl)c3nnc(C(F)(F)F)n3c2c1. The number of rotatable bonds is 1. The zero-order valence-corrected chi connectivity index (χ0v) is 10.8. The lowest BCUT2D eigenvalue weighted by Gasteiger charge is -2.08. The van der Waals surface area contributed by atoms with Gasteiger partial charge in [0.05, 0.1) is 11.0 Å². The molecule has 2 N–H and O–H groups in total. The molecule has 2 heterocycles. The third kappa shape index (κ3) is 2.05. The highest BCUT2D eigenvalue weighted by Gasteiger charge is 2.38. The Hall–Kier alpha value is -2.42. The fraction of sp³-hybridized carbons (Fsp3) is 0.0909. The van der Waals surface area contributed by atoms with Crippen LogP contribution >= 0.6 is 11.6 Å². The van der Waals surface area contributed by atoms with E-state index in [2.05, 4.69) is 15.2 Å². The molecule has 0 spiro atoms. The van der Waals surface area contributed by atoms with Crippen LogP contribution in [-0.2, 0) is 6.18 Å². The molecule has 10 heteroatoms. The Balaban J connectivity index is 2.51. The van der Waals surface area contributed by atoms with Gasteiger partial charge >= 0.3 is 6.18 Å². The summed E-state index contributed by atoms with van der Waals surface area (Å²) >= 11 is 5.81. The second kappa shape index (κ2) is 4.29. The van der Waals surface area contributed by atoms with Gasteiger partial charge in [-0.25, -0.2) is 4.98 Å². The predicted molar refractivity (Wildman–Crippen MR) is 66.8 cm³/mol. The van der Waals surface area contributed by atoms with Gasteiger partial charge in [0, 0.05) is 5.56 Å². The van der Waals surface area contributed by atoms with Gasteiger partial charge in [0.15, 0.2) is 10.8 Å². The highest BCUT2D eigenvalue weighted by Crippen LogP contribution is 2.31. The highest BCUT2D eigenvalue weighted by molar-refractivity contribution is 6.32. The molecule has 0 atom stereocenters. The zero-order valence-electron chi connectivity index (χ0n) is 10.0. The van der Waals surface area contributed by atoms with Gasteiger partial charge in [-0.1, -0.05) is 11.6 Å². The summed E-state index contributed by atoms with van der Waals surface area (Å²) in [6.45, 7) is 0. The minimum atomic E-state index is -4.74. The molecule has 0 saturated carbocycles. The Morgan fingerprint density at radius 3 is 2.62 bits per heavy atom. The predicted octanol–water partition coefficient (Wildman–Crippen LogP) is 2.05. The normalized spacial score (nSPS) is 12.2. The number of hydrogen-bond donors (Lipinski definition) is 1. The summed E-state index contributed by atoms with van der Waals surface area (Å²) in [5, 5.41) is 6.27. The molecule has 2 aromatic heterocycles. The van der Waals surface area contributed by atoms with Crippen LogP contribution in [0.5, 0.6) is 0 Å². The fourth-order valence-corrected chi connectivity index (χ4v) is 2.15. The van der Waals surface area contributed by atoms with Crippen LogP contribution in [-0.4, -0.2) is 25.5 Å². The first-order valence-corrected chi connectivity index (χ1v) is 5.88. The van der Waals surface area contributed by atoms with Crippen LogP contribution in [0.4, 0.5) is 13.2 Å². The van der Waals surface area contributed by atoms with Crippen molar-refractivity contribution < 1.29 is 18.0 Å². The lowest BCUT2D eigenvalue weighted by molar-refractivity contribution is -0.145. The number of fused-ring (bicyclic) bond motifs is 3. The maximum Gasteiger partial charge on any atom is 0.452 e. The maximum atomic E-state index is 13.0. The first kappa shape index (κ1) is 13.6. The summed E-state index contributed by atoms with van der Waals surface area (Å²) in [5.74, 6) is -2.03. The van der Waals surface area contributed by atoms with E-state index in [-0.39, 0.29) is 27.4 Å². The molecule has 0 fully saturated rings. The van der Waals surface area contributed by atoms with E-state index in [0.29, 0.717) is 4.40 Å². The number of amides is 1. The van der Waals surface area contributed by atoms with E-state index in [9.17, 15) is 18.0 Å². The van der Waals surface area contributed by atoms with Gasteiger partial charge in [0.25, 0.3) is 0 Å². The number of halogens is 4. The molecule has 3 aromatic rings. The molecule has 0 aliphatic carbocycles. The van der Waals surface area contributed by atoms with Gasteiger partial charge in [0.2, 0.25) is 11.7 Å². The number of alkyl halides is 3. The molecule has 0 aliphatic rings. The first-order valence-electron chi connectivity index (χ1n) is 5.50. The molecule has 0 radical (unpaired) electrons. The topological polar surface area (TPSA) is 86.2 Å². The van der Waals surface area contributed by atoms with Crippen LogP contribution < -0.4 is 5.73 Å². The van der Waals surface area contributed by atoms with E-state index < -0.39 is 17.9 Å². The molecular formula is C11H5ClF3N5O. The van der Waals surface area contributed by atoms with Gasteiger partial charge in [-0.15, -0.1) is 10.2 Å². The quantitative estimate of drug-likeness (QED) is 0.744. The standard InChI is InChI=1S/C11H5ClF3N5O/c12-7-9-18-19-10(11(13,14)15)20(9)6-3-4(8(16)21)1-2-5(6)17-7/h1-3H,(H2,16,21). The summed E-state index contributed by atoms with van der Waals surface area (Å²) in [6.07, 6.45) is -4.74. The van der Waals surface area contributed by atoms with E-state index in [1.54, 1.807) is 0 Å². The summed E-state index contributed by atoms with van der Waals surface area (Å²) < 4.78 is 39.7. The minimum absolute atomic E-state index is 0.0111. The van der Waals surface area contributed by atoms with Crippen molar-refractivity contribution in [2.45, 2.75) is 6.18 Å². The molecule has 6 nitrogen and oxygen atoms in total. The van der Waals surface area contributed by atoms with Gasteiger partial charge in [-0.05, 0) is 18.2 Å². The van der Waals surface area contributed by atoms with Gasteiger partial charge < -0.3 is 5.73 Å². The average Bonchev–Trinajstić information content (AvgIpc) is 2.83. The Kier molecular flexibility index (Phi) is 2.77. The van der Waals surface area contributed by atoms with Crippen molar-refractivity contribution in [3.63, 3.8) is 0 Å². The number of carbonyl (C=O) groups excluding carboxylic acids is 1. The van der Waals surface area contributed by atoms with Crippen molar-refractivity contribution in [1.82, 2.24) is 19.6 Å². The second-order valence-corrected chi connectivity index (χ2v) is 4.51. The van der Waals surface area contributed by atoms with Crippen molar-refractivity contribution in [3.05, 3.63) is 34.7 Å². The van der Waals surface area contributed by atoms with Crippen molar-refractivity contribution in [1.29, 1.82) is 0 Å². The number of benzene rings is 1. The van der Waals surface area contributed by atoms with Crippen molar-refractivity contribution in [3.8, 4) is 0 Å². The van der Waals surface area contributed by atoms with Crippen LogP contribution in [0, 0.1) is 0 Å². The van der Waals surface area contributed by atoms with Gasteiger partial charge in [-0.2, -0.15) is 13.2 Å². The van der Waals surface area contributed by atoms with E-state index >= 15 is 0 Å². The molecule has 0 bridgehead atoms.